The maximum atomic E-state index is 13.1. The Morgan fingerprint density at radius 3 is 1.91 bits per heavy atom. The van der Waals surface area contributed by atoms with E-state index < -0.39 is 0 Å². The predicted molar refractivity (Wildman–Crippen MR) is 98.1 cm³/mol. The van der Waals surface area contributed by atoms with Crippen LogP contribution in [0.4, 0.5) is 0 Å². The van der Waals surface area contributed by atoms with Gasteiger partial charge in [0.15, 0.2) is 0 Å². The van der Waals surface area contributed by atoms with E-state index in [1.807, 2.05) is 0 Å². The molecule has 2 aliphatic carbocycles. The molecule has 2 rings (SSSR count). The Morgan fingerprint density at radius 2 is 1.35 bits per heavy atom. The van der Waals surface area contributed by atoms with E-state index in [-0.39, 0.29) is 5.92 Å². The summed E-state index contributed by atoms with van der Waals surface area (Å²) in [6, 6.07) is 0.399. The summed E-state index contributed by atoms with van der Waals surface area (Å²) in [6.07, 6.45) is 7.38. The smallest absolute Gasteiger partial charge is 0.223 e. The number of amides is 1. The lowest BCUT2D eigenvalue weighted by molar-refractivity contribution is -0.131. The highest BCUT2D eigenvalue weighted by atomic mass is 16.2. The molecule has 0 heterocycles. The quantitative estimate of drug-likeness (QED) is 0.750. The first-order chi connectivity index (χ1) is 10.8. The van der Waals surface area contributed by atoms with Crippen molar-refractivity contribution in [1.82, 2.24) is 5.32 Å². The van der Waals surface area contributed by atoms with Gasteiger partial charge < -0.3 is 5.32 Å². The van der Waals surface area contributed by atoms with Crippen LogP contribution in [0.5, 0.6) is 0 Å². The third-order valence-electron chi connectivity index (χ3n) is 6.71. The highest BCUT2D eigenvalue weighted by molar-refractivity contribution is 5.79. The van der Waals surface area contributed by atoms with Gasteiger partial charge in [-0.15, -0.1) is 0 Å². The van der Waals surface area contributed by atoms with Crippen LogP contribution < -0.4 is 5.32 Å². The summed E-state index contributed by atoms with van der Waals surface area (Å²) in [4.78, 5) is 13.1. The minimum absolute atomic E-state index is 0.240. The van der Waals surface area contributed by atoms with Gasteiger partial charge in [0.05, 0.1) is 0 Å². The van der Waals surface area contributed by atoms with Gasteiger partial charge in [-0.3, -0.25) is 4.79 Å². The SMILES string of the molecule is CC1CCC(C(C)C)C(NC(=O)C2CC(C)CCC2C(C)C)C1. The first-order valence-electron chi connectivity index (χ1n) is 10.1. The van der Waals surface area contributed by atoms with E-state index in [4.69, 9.17) is 0 Å². The fourth-order valence-corrected chi connectivity index (χ4v) is 5.16. The summed E-state index contributed by atoms with van der Waals surface area (Å²) in [6.45, 7) is 13.9. The molecule has 6 unspecified atom stereocenters. The average molecular weight is 322 g/mol. The molecule has 0 aliphatic heterocycles. The van der Waals surface area contributed by atoms with Crippen LogP contribution in [0, 0.1) is 41.4 Å². The third-order valence-corrected chi connectivity index (χ3v) is 6.71. The summed E-state index contributed by atoms with van der Waals surface area (Å²) in [7, 11) is 0. The van der Waals surface area contributed by atoms with Crippen molar-refractivity contribution in [2.24, 2.45) is 41.4 Å². The Hall–Kier alpha value is -0.530. The number of carbonyl (C=O) groups is 1. The van der Waals surface area contributed by atoms with Crippen LogP contribution in [0.25, 0.3) is 0 Å². The summed E-state index contributed by atoms with van der Waals surface area (Å²) >= 11 is 0. The molecule has 0 spiro atoms. The molecule has 23 heavy (non-hydrogen) atoms. The van der Waals surface area contributed by atoms with E-state index in [0.29, 0.717) is 41.5 Å². The molecule has 0 aromatic rings. The molecule has 2 heteroatoms. The molecule has 2 fully saturated rings. The molecule has 2 saturated carbocycles. The van der Waals surface area contributed by atoms with Crippen molar-refractivity contribution in [3.05, 3.63) is 0 Å². The van der Waals surface area contributed by atoms with Gasteiger partial charge in [-0.2, -0.15) is 0 Å². The van der Waals surface area contributed by atoms with Gasteiger partial charge in [0.25, 0.3) is 0 Å². The molecule has 0 aromatic heterocycles. The topological polar surface area (TPSA) is 29.1 Å². The largest absolute Gasteiger partial charge is 0.353 e. The van der Waals surface area contributed by atoms with E-state index >= 15 is 0 Å². The maximum absolute atomic E-state index is 13.1. The zero-order valence-corrected chi connectivity index (χ0v) is 16.3. The molecule has 0 bridgehead atoms. The summed E-state index contributed by atoms with van der Waals surface area (Å²) in [5.74, 6) is 4.57. The van der Waals surface area contributed by atoms with Crippen molar-refractivity contribution < 1.29 is 4.79 Å². The second-order valence-electron chi connectivity index (χ2n) is 9.37. The van der Waals surface area contributed by atoms with Gasteiger partial charge >= 0.3 is 0 Å². The number of nitrogens with one attached hydrogen (secondary N) is 1. The maximum Gasteiger partial charge on any atom is 0.223 e. The Kier molecular flexibility index (Phi) is 6.57. The average Bonchev–Trinajstić information content (AvgIpc) is 2.46. The lowest BCUT2D eigenvalue weighted by Gasteiger charge is -2.41. The van der Waals surface area contributed by atoms with Crippen LogP contribution in [-0.4, -0.2) is 11.9 Å². The standard InChI is InChI=1S/C21H39NO/c1-13(2)17-9-7-15(5)11-19(17)21(23)22-20-12-16(6)8-10-18(20)14(3)4/h13-20H,7-12H2,1-6H3,(H,22,23). The molecule has 0 saturated heterocycles. The number of hydrogen-bond acceptors (Lipinski definition) is 1. The van der Waals surface area contributed by atoms with Gasteiger partial charge in [-0.25, -0.2) is 0 Å². The van der Waals surface area contributed by atoms with Gasteiger partial charge in [-0.1, -0.05) is 54.4 Å². The van der Waals surface area contributed by atoms with Crippen molar-refractivity contribution in [3.63, 3.8) is 0 Å². The summed E-state index contributed by atoms with van der Waals surface area (Å²) in [5, 5.41) is 3.52. The van der Waals surface area contributed by atoms with Crippen molar-refractivity contribution in [2.45, 2.75) is 86.1 Å². The van der Waals surface area contributed by atoms with E-state index in [1.54, 1.807) is 0 Å². The number of carbonyl (C=O) groups excluding carboxylic acids is 1. The van der Waals surface area contributed by atoms with E-state index in [9.17, 15) is 4.79 Å². The lowest BCUT2D eigenvalue weighted by Crippen LogP contribution is -2.49. The lowest BCUT2D eigenvalue weighted by atomic mass is 9.69. The molecular weight excluding hydrogens is 282 g/mol. The molecule has 134 valence electrons. The molecule has 0 radical (unpaired) electrons. The minimum Gasteiger partial charge on any atom is -0.353 e. The van der Waals surface area contributed by atoms with Crippen LogP contribution in [0.2, 0.25) is 0 Å². The fraction of sp³-hybridized carbons (Fsp3) is 0.952. The zero-order chi connectivity index (χ0) is 17.1. The summed E-state index contributed by atoms with van der Waals surface area (Å²) < 4.78 is 0. The number of hydrogen-bond donors (Lipinski definition) is 1. The third kappa shape index (κ3) is 4.73. The van der Waals surface area contributed by atoms with E-state index in [1.165, 1.54) is 32.1 Å². The highest BCUT2D eigenvalue weighted by Crippen LogP contribution is 2.39. The van der Waals surface area contributed by atoms with E-state index in [2.05, 4.69) is 46.9 Å². The molecular formula is C21H39NO. The minimum atomic E-state index is 0.240. The Bertz CT molecular complexity index is 389. The molecule has 2 nitrogen and oxygen atoms in total. The highest BCUT2D eigenvalue weighted by Gasteiger charge is 2.38. The monoisotopic (exact) mass is 321 g/mol. The van der Waals surface area contributed by atoms with Crippen LogP contribution >= 0.6 is 0 Å². The Morgan fingerprint density at radius 1 is 0.826 bits per heavy atom. The molecule has 2 aliphatic rings. The first kappa shape index (κ1) is 18.8. The van der Waals surface area contributed by atoms with Crippen LogP contribution in [0.3, 0.4) is 0 Å². The second-order valence-corrected chi connectivity index (χ2v) is 9.37. The van der Waals surface area contributed by atoms with Crippen molar-refractivity contribution in [1.29, 1.82) is 0 Å². The number of rotatable bonds is 4. The van der Waals surface area contributed by atoms with Crippen LogP contribution in [-0.2, 0) is 4.79 Å². The molecule has 1 amide bonds. The Balaban J connectivity index is 2.05. The zero-order valence-electron chi connectivity index (χ0n) is 16.3. The van der Waals surface area contributed by atoms with Gasteiger partial charge in [0.1, 0.15) is 0 Å². The van der Waals surface area contributed by atoms with E-state index in [0.717, 1.165) is 12.3 Å². The Labute approximate surface area is 144 Å². The normalized spacial score (nSPS) is 38.8. The predicted octanol–water partition coefficient (Wildman–Crippen LogP) is 5.27. The van der Waals surface area contributed by atoms with Gasteiger partial charge in [0, 0.05) is 12.0 Å². The van der Waals surface area contributed by atoms with Gasteiger partial charge in [0.2, 0.25) is 5.91 Å². The first-order valence-corrected chi connectivity index (χ1v) is 10.1. The summed E-state index contributed by atoms with van der Waals surface area (Å²) in [5.41, 5.74) is 0. The molecule has 1 N–H and O–H groups in total. The van der Waals surface area contributed by atoms with Crippen LogP contribution in [0.15, 0.2) is 0 Å². The van der Waals surface area contributed by atoms with Gasteiger partial charge in [-0.05, 0) is 61.2 Å². The molecule has 0 aromatic carbocycles. The fourth-order valence-electron chi connectivity index (χ4n) is 5.16. The molecule has 6 atom stereocenters. The van der Waals surface area contributed by atoms with Crippen molar-refractivity contribution in [3.8, 4) is 0 Å². The van der Waals surface area contributed by atoms with Crippen molar-refractivity contribution >= 4 is 5.91 Å². The van der Waals surface area contributed by atoms with Crippen molar-refractivity contribution in [2.75, 3.05) is 0 Å². The van der Waals surface area contributed by atoms with Crippen LogP contribution in [0.1, 0.15) is 80.1 Å². The second kappa shape index (κ2) is 8.03.